The van der Waals surface area contributed by atoms with Crippen molar-refractivity contribution in [2.75, 3.05) is 13.1 Å². The van der Waals surface area contributed by atoms with Crippen molar-refractivity contribution in [1.29, 1.82) is 0 Å². The van der Waals surface area contributed by atoms with Gasteiger partial charge in [0.1, 0.15) is 0 Å². The molecule has 1 N–H and O–H groups in total. The molecule has 2 aliphatic rings. The van der Waals surface area contributed by atoms with Crippen molar-refractivity contribution in [3.8, 4) is 0 Å². The summed E-state index contributed by atoms with van der Waals surface area (Å²) in [4.78, 5) is 0. The molecular formula is C12H21N. The number of allylic oxidation sites excluding steroid dienone is 1. The van der Waals surface area contributed by atoms with Crippen molar-refractivity contribution in [3.05, 3.63) is 11.6 Å². The second-order valence-corrected chi connectivity index (χ2v) is 4.49. The predicted octanol–water partition coefficient (Wildman–Crippen LogP) is 2.88. The van der Waals surface area contributed by atoms with Crippen LogP contribution in [0.5, 0.6) is 0 Å². The molecule has 74 valence electrons. The fourth-order valence-corrected chi connectivity index (χ4v) is 2.05. The lowest BCUT2D eigenvalue weighted by Crippen LogP contribution is -2.17. The zero-order chi connectivity index (χ0) is 8.93. The molecule has 0 aliphatic heterocycles. The van der Waals surface area contributed by atoms with Crippen molar-refractivity contribution < 1.29 is 0 Å². The standard InChI is InChI=1S/C12H21N/c1-2-4-11(3-1)7-9-13-10-8-12-5-6-12/h3,12-13H,1-2,4-10H2. The van der Waals surface area contributed by atoms with Crippen LogP contribution in [-0.4, -0.2) is 13.1 Å². The molecule has 1 fully saturated rings. The second kappa shape index (κ2) is 4.80. The van der Waals surface area contributed by atoms with Crippen molar-refractivity contribution in [1.82, 2.24) is 5.32 Å². The maximum atomic E-state index is 3.54. The summed E-state index contributed by atoms with van der Waals surface area (Å²) < 4.78 is 0. The van der Waals surface area contributed by atoms with E-state index >= 15 is 0 Å². The molecular weight excluding hydrogens is 158 g/mol. The van der Waals surface area contributed by atoms with Gasteiger partial charge in [-0.25, -0.2) is 0 Å². The average Bonchev–Trinajstić information content (AvgIpc) is 2.81. The van der Waals surface area contributed by atoms with E-state index in [2.05, 4.69) is 11.4 Å². The lowest BCUT2D eigenvalue weighted by Gasteiger charge is -2.04. The van der Waals surface area contributed by atoms with Crippen LogP contribution in [0.15, 0.2) is 11.6 Å². The zero-order valence-electron chi connectivity index (χ0n) is 8.52. The molecule has 0 aromatic rings. The molecule has 0 spiro atoms. The Labute approximate surface area is 81.6 Å². The van der Waals surface area contributed by atoms with E-state index < -0.39 is 0 Å². The van der Waals surface area contributed by atoms with Crippen LogP contribution in [0.25, 0.3) is 0 Å². The highest BCUT2D eigenvalue weighted by atomic mass is 14.8. The summed E-state index contributed by atoms with van der Waals surface area (Å²) in [5.41, 5.74) is 1.69. The Kier molecular flexibility index (Phi) is 3.42. The molecule has 0 heterocycles. The van der Waals surface area contributed by atoms with E-state index in [1.165, 1.54) is 58.0 Å². The van der Waals surface area contributed by atoms with Gasteiger partial charge in [-0.3, -0.25) is 0 Å². The maximum absolute atomic E-state index is 3.54. The molecule has 0 unspecified atom stereocenters. The molecule has 13 heavy (non-hydrogen) atoms. The van der Waals surface area contributed by atoms with Crippen LogP contribution < -0.4 is 5.32 Å². The van der Waals surface area contributed by atoms with Crippen LogP contribution in [0.2, 0.25) is 0 Å². The van der Waals surface area contributed by atoms with E-state index in [1.54, 1.807) is 5.57 Å². The van der Waals surface area contributed by atoms with Gasteiger partial charge in [0.25, 0.3) is 0 Å². The van der Waals surface area contributed by atoms with Crippen LogP contribution in [0, 0.1) is 5.92 Å². The van der Waals surface area contributed by atoms with Crippen molar-refractivity contribution in [2.24, 2.45) is 5.92 Å². The predicted molar refractivity (Wildman–Crippen MR) is 56.8 cm³/mol. The lowest BCUT2D eigenvalue weighted by atomic mass is 10.1. The second-order valence-electron chi connectivity index (χ2n) is 4.49. The average molecular weight is 179 g/mol. The third kappa shape index (κ3) is 3.51. The summed E-state index contributed by atoms with van der Waals surface area (Å²) in [7, 11) is 0. The summed E-state index contributed by atoms with van der Waals surface area (Å²) in [6, 6.07) is 0. The number of hydrogen-bond donors (Lipinski definition) is 1. The third-order valence-corrected chi connectivity index (χ3v) is 3.18. The molecule has 1 saturated carbocycles. The largest absolute Gasteiger partial charge is 0.316 e. The third-order valence-electron chi connectivity index (χ3n) is 3.18. The molecule has 0 saturated heterocycles. The Morgan fingerprint density at radius 2 is 2.23 bits per heavy atom. The Bertz CT molecular complexity index is 180. The highest BCUT2D eigenvalue weighted by Crippen LogP contribution is 2.31. The molecule has 2 aliphatic carbocycles. The first-order valence-corrected chi connectivity index (χ1v) is 5.84. The Morgan fingerprint density at radius 3 is 2.92 bits per heavy atom. The SMILES string of the molecule is C1=C(CCNCCC2CC2)CCC1. The highest BCUT2D eigenvalue weighted by Gasteiger charge is 2.19. The quantitative estimate of drug-likeness (QED) is 0.488. The molecule has 2 rings (SSSR count). The summed E-state index contributed by atoms with van der Waals surface area (Å²) in [5, 5.41) is 3.54. The molecule has 1 heteroatoms. The molecule has 0 atom stereocenters. The van der Waals surface area contributed by atoms with Gasteiger partial charge in [0, 0.05) is 0 Å². The Morgan fingerprint density at radius 1 is 1.31 bits per heavy atom. The minimum absolute atomic E-state index is 1.08. The maximum Gasteiger partial charge on any atom is -0.00116 e. The summed E-state index contributed by atoms with van der Waals surface area (Å²) in [5.74, 6) is 1.08. The van der Waals surface area contributed by atoms with E-state index in [0.717, 1.165) is 5.92 Å². The lowest BCUT2D eigenvalue weighted by molar-refractivity contribution is 0.609. The molecule has 1 nitrogen and oxygen atoms in total. The van der Waals surface area contributed by atoms with Gasteiger partial charge in [-0.05, 0) is 51.1 Å². The van der Waals surface area contributed by atoms with Gasteiger partial charge in [0.2, 0.25) is 0 Å². The van der Waals surface area contributed by atoms with Crippen LogP contribution in [0.4, 0.5) is 0 Å². The van der Waals surface area contributed by atoms with Gasteiger partial charge in [-0.15, -0.1) is 0 Å². The van der Waals surface area contributed by atoms with Crippen molar-refractivity contribution >= 4 is 0 Å². The summed E-state index contributed by atoms with van der Waals surface area (Å²) >= 11 is 0. The first-order chi connectivity index (χ1) is 6.45. The van der Waals surface area contributed by atoms with E-state index in [1.807, 2.05) is 0 Å². The van der Waals surface area contributed by atoms with Crippen LogP contribution in [0.1, 0.15) is 44.9 Å². The summed E-state index contributed by atoms with van der Waals surface area (Å²) in [6.07, 6.45) is 12.2. The first-order valence-electron chi connectivity index (χ1n) is 5.84. The Hall–Kier alpha value is -0.300. The van der Waals surface area contributed by atoms with Gasteiger partial charge in [0.15, 0.2) is 0 Å². The molecule has 0 aromatic carbocycles. The normalized spacial score (nSPS) is 22.0. The zero-order valence-corrected chi connectivity index (χ0v) is 8.52. The van der Waals surface area contributed by atoms with E-state index in [9.17, 15) is 0 Å². The fraction of sp³-hybridized carbons (Fsp3) is 0.833. The Balaban J connectivity index is 1.43. The van der Waals surface area contributed by atoms with Crippen LogP contribution in [-0.2, 0) is 0 Å². The van der Waals surface area contributed by atoms with Crippen molar-refractivity contribution in [2.45, 2.75) is 44.9 Å². The minimum atomic E-state index is 1.08. The highest BCUT2D eigenvalue weighted by molar-refractivity contribution is 5.07. The fourth-order valence-electron chi connectivity index (χ4n) is 2.05. The molecule has 0 bridgehead atoms. The van der Waals surface area contributed by atoms with Gasteiger partial charge < -0.3 is 5.32 Å². The van der Waals surface area contributed by atoms with Gasteiger partial charge in [0.05, 0.1) is 0 Å². The molecule has 0 amide bonds. The molecule has 0 aromatic heterocycles. The van der Waals surface area contributed by atoms with Gasteiger partial charge >= 0.3 is 0 Å². The van der Waals surface area contributed by atoms with Crippen molar-refractivity contribution in [3.63, 3.8) is 0 Å². The number of nitrogens with one attached hydrogen (secondary N) is 1. The van der Waals surface area contributed by atoms with Crippen LogP contribution in [0.3, 0.4) is 0 Å². The minimum Gasteiger partial charge on any atom is -0.316 e. The van der Waals surface area contributed by atoms with E-state index in [4.69, 9.17) is 0 Å². The van der Waals surface area contributed by atoms with Gasteiger partial charge in [-0.2, -0.15) is 0 Å². The number of hydrogen-bond acceptors (Lipinski definition) is 1. The summed E-state index contributed by atoms with van der Waals surface area (Å²) in [6.45, 7) is 2.45. The molecule has 0 radical (unpaired) electrons. The topological polar surface area (TPSA) is 12.0 Å². The van der Waals surface area contributed by atoms with E-state index in [0.29, 0.717) is 0 Å². The van der Waals surface area contributed by atoms with E-state index in [-0.39, 0.29) is 0 Å². The first kappa shape index (κ1) is 9.26. The number of rotatable bonds is 6. The van der Waals surface area contributed by atoms with Gasteiger partial charge in [-0.1, -0.05) is 24.5 Å². The van der Waals surface area contributed by atoms with Crippen LogP contribution >= 0.6 is 0 Å². The smallest absolute Gasteiger partial charge is 0.00116 e. The monoisotopic (exact) mass is 179 g/mol.